The fraction of sp³-hybridized carbons (Fsp3) is 0.600. The van der Waals surface area contributed by atoms with Crippen molar-refractivity contribution in [2.24, 2.45) is 17.8 Å². The zero-order valence-corrected chi connectivity index (χ0v) is 10.4. The maximum Gasteiger partial charge on any atom is -0.0103 e. The number of hydrogen-bond donors (Lipinski definition) is 0. The normalized spacial score (nSPS) is 28.4. The number of rotatable bonds is 1. The van der Waals surface area contributed by atoms with Crippen LogP contribution in [0.4, 0.5) is 0 Å². The van der Waals surface area contributed by atoms with E-state index < -0.39 is 0 Å². The van der Waals surface area contributed by atoms with Crippen LogP contribution in [0.15, 0.2) is 36.5 Å². The highest BCUT2D eigenvalue weighted by atomic mass is 14.2. The van der Waals surface area contributed by atoms with E-state index in [0.717, 1.165) is 18.3 Å². The molecule has 0 fully saturated rings. The smallest absolute Gasteiger partial charge is 0.0103 e. The fourth-order valence-corrected chi connectivity index (χ4v) is 1.98. The van der Waals surface area contributed by atoms with Crippen molar-refractivity contribution in [2.75, 3.05) is 0 Å². The molecule has 2 unspecified atom stereocenters. The van der Waals surface area contributed by atoms with Gasteiger partial charge in [-0.3, -0.25) is 0 Å². The summed E-state index contributed by atoms with van der Waals surface area (Å²) in [6, 6.07) is 0. The van der Waals surface area contributed by atoms with Crippen LogP contribution in [0.5, 0.6) is 0 Å². The summed E-state index contributed by atoms with van der Waals surface area (Å²) < 4.78 is 0. The third kappa shape index (κ3) is 4.51. The standard InChI is InChI=1S/C15H24/c1-12(2)15-10-8-13(3)6-5-7-14(4)9-11-15/h5,7-8,10,12,14-15H,3,6,9,11H2,1-2,4H3. The largest absolute Gasteiger partial charge is 0.0955 e. The molecule has 0 heterocycles. The first-order valence-corrected chi connectivity index (χ1v) is 6.12. The lowest BCUT2D eigenvalue weighted by molar-refractivity contribution is 0.404. The number of hydrogen-bond acceptors (Lipinski definition) is 0. The van der Waals surface area contributed by atoms with Crippen LogP contribution in [0.1, 0.15) is 40.0 Å². The third-order valence-electron chi connectivity index (χ3n) is 3.24. The molecule has 84 valence electrons. The molecule has 0 N–H and O–H groups in total. The Morgan fingerprint density at radius 3 is 2.67 bits per heavy atom. The average molecular weight is 204 g/mol. The molecule has 0 nitrogen and oxygen atoms in total. The van der Waals surface area contributed by atoms with Crippen LogP contribution >= 0.6 is 0 Å². The van der Waals surface area contributed by atoms with Gasteiger partial charge in [-0.2, -0.15) is 0 Å². The topological polar surface area (TPSA) is 0 Å². The maximum absolute atomic E-state index is 4.07. The summed E-state index contributed by atoms with van der Waals surface area (Å²) in [5, 5.41) is 0. The van der Waals surface area contributed by atoms with E-state index in [-0.39, 0.29) is 0 Å². The summed E-state index contributed by atoms with van der Waals surface area (Å²) in [5.74, 6) is 2.17. The third-order valence-corrected chi connectivity index (χ3v) is 3.24. The zero-order chi connectivity index (χ0) is 11.3. The average Bonchev–Trinajstić information content (AvgIpc) is 2.16. The Kier molecular flexibility index (Phi) is 4.87. The van der Waals surface area contributed by atoms with Crippen molar-refractivity contribution in [3.05, 3.63) is 36.5 Å². The molecule has 0 radical (unpaired) electrons. The minimum Gasteiger partial charge on any atom is -0.0955 e. The molecule has 1 rings (SSSR count). The lowest BCUT2D eigenvalue weighted by Crippen LogP contribution is -2.07. The van der Waals surface area contributed by atoms with Gasteiger partial charge < -0.3 is 0 Å². The molecule has 1 aliphatic carbocycles. The second kappa shape index (κ2) is 5.95. The van der Waals surface area contributed by atoms with Crippen molar-refractivity contribution in [3.63, 3.8) is 0 Å². The summed E-state index contributed by atoms with van der Waals surface area (Å²) >= 11 is 0. The van der Waals surface area contributed by atoms with E-state index in [0.29, 0.717) is 5.92 Å². The minimum atomic E-state index is 0.713. The quantitative estimate of drug-likeness (QED) is 0.541. The van der Waals surface area contributed by atoms with E-state index in [1.165, 1.54) is 18.4 Å². The van der Waals surface area contributed by atoms with Crippen LogP contribution in [0.3, 0.4) is 0 Å². The van der Waals surface area contributed by atoms with Gasteiger partial charge in [0, 0.05) is 0 Å². The molecule has 2 atom stereocenters. The van der Waals surface area contributed by atoms with E-state index >= 15 is 0 Å². The van der Waals surface area contributed by atoms with E-state index in [2.05, 4.69) is 51.7 Å². The summed E-state index contributed by atoms with van der Waals surface area (Å²) in [5.41, 5.74) is 1.23. The van der Waals surface area contributed by atoms with Crippen molar-refractivity contribution in [2.45, 2.75) is 40.0 Å². The van der Waals surface area contributed by atoms with E-state index in [1.807, 2.05) is 0 Å². The highest BCUT2D eigenvalue weighted by Gasteiger charge is 2.11. The van der Waals surface area contributed by atoms with Gasteiger partial charge in [-0.25, -0.2) is 0 Å². The lowest BCUT2D eigenvalue weighted by Gasteiger charge is -2.19. The molecule has 1 aliphatic rings. The monoisotopic (exact) mass is 204 g/mol. The molecule has 0 aromatic heterocycles. The van der Waals surface area contributed by atoms with Gasteiger partial charge in [0.15, 0.2) is 0 Å². The van der Waals surface area contributed by atoms with Gasteiger partial charge in [0.25, 0.3) is 0 Å². The highest BCUT2D eigenvalue weighted by Crippen LogP contribution is 2.24. The van der Waals surface area contributed by atoms with Crippen molar-refractivity contribution in [1.82, 2.24) is 0 Å². The molecule has 0 saturated heterocycles. The van der Waals surface area contributed by atoms with Gasteiger partial charge in [-0.1, -0.05) is 57.2 Å². The van der Waals surface area contributed by atoms with Gasteiger partial charge in [-0.15, -0.1) is 0 Å². The summed E-state index contributed by atoms with van der Waals surface area (Å²) in [6.45, 7) is 11.0. The minimum absolute atomic E-state index is 0.713. The molecule has 0 aromatic rings. The molecule has 0 spiro atoms. The number of allylic oxidation sites excluding steroid dienone is 5. The van der Waals surface area contributed by atoms with Crippen molar-refractivity contribution in [1.29, 1.82) is 0 Å². The first-order chi connectivity index (χ1) is 7.09. The van der Waals surface area contributed by atoms with Gasteiger partial charge in [0.05, 0.1) is 0 Å². The maximum atomic E-state index is 4.07. The SMILES string of the molecule is C=C1C=CC(C(C)C)CCC(C)C=CC1. The van der Waals surface area contributed by atoms with Crippen LogP contribution < -0.4 is 0 Å². The summed E-state index contributed by atoms with van der Waals surface area (Å²) in [4.78, 5) is 0. The van der Waals surface area contributed by atoms with Crippen LogP contribution in [-0.4, -0.2) is 0 Å². The molecular weight excluding hydrogens is 180 g/mol. The van der Waals surface area contributed by atoms with Crippen LogP contribution in [0, 0.1) is 17.8 Å². The van der Waals surface area contributed by atoms with E-state index in [4.69, 9.17) is 0 Å². The summed E-state index contributed by atoms with van der Waals surface area (Å²) in [6.07, 6.45) is 12.8. The van der Waals surface area contributed by atoms with Gasteiger partial charge >= 0.3 is 0 Å². The molecule has 0 bridgehead atoms. The molecule has 15 heavy (non-hydrogen) atoms. The Hall–Kier alpha value is -0.780. The Balaban J connectivity index is 2.69. The second-order valence-corrected chi connectivity index (χ2v) is 5.11. The van der Waals surface area contributed by atoms with Crippen LogP contribution in [0.2, 0.25) is 0 Å². The van der Waals surface area contributed by atoms with Gasteiger partial charge in [0.1, 0.15) is 0 Å². The molecule has 0 aliphatic heterocycles. The van der Waals surface area contributed by atoms with Crippen LogP contribution in [-0.2, 0) is 0 Å². The Morgan fingerprint density at radius 1 is 1.27 bits per heavy atom. The van der Waals surface area contributed by atoms with Gasteiger partial charge in [-0.05, 0) is 37.0 Å². The predicted molar refractivity (Wildman–Crippen MR) is 68.8 cm³/mol. The summed E-state index contributed by atoms with van der Waals surface area (Å²) in [7, 11) is 0. The molecule has 0 saturated carbocycles. The zero-order valence-electron chi connectivity index (χ0n) is 10.4. The molecular formula is C15H24. The molecule has 0 heteroatoms. The first-order valence-electron chi connectivity index (χ1n) is 6.12. The second-order valence-electron chi connectivity index (χ2n) is 5.11. The Labute approximate surface area is 94.8 Å². The molecule has 0 amide bonds. The first kappa shape index (κ1) is 12.3. The predicted octanol–water partition coefficient (Wildman–Crippen LogP) is 4.75. The van der Waals surface area contributed by atoms with Crippen molar-refractivity contribution >= 4 is 0 Å². The lowest BCUT2D eigenvalue weighted by atomic mass is 9.86. The van der Waals surface area contributed by atoms with E-state index in [1.54, 1.807) is 0 Å². The van der Waals surface area contributed by atoms with Crippen molar-refractivity contribution < 1.29 is 0 Å². The van der Waals surface area contributed by atoms with E-state index in [9.17, 15) is 0 Å². The Bertz CT molecular complexity index is 255. The fourth-order valence-electron chi connectivity index (χ4n) is 1.98. The van der Waals surface area contributed by atoms with Gasteiger partial charge in [0.2, 0.25) is 0 Å². The van der Waals surface area contributed by atoms with Crippen LogP contribution in [0.25, 0.3) is 0 Å². The Morgan fingerprint density at radius 2 is 2.00 bits per heavy atom. The molecule has 0 aromatic carbocycles. The van der Waals surface area contributed by atoms with Crippen molar-refractivity contribution in [3.8, 4) is 0 Å². The highest BCUT2D eigenvalue weighted by molar-refractivity contribution is 5.19.